The van der Waals surface area contributed by atoms with Gasteiger partial charge in [0.25, 0.3) is 11.7 Å². The SMILES string of the molecule is CC1CC(C)CN(Cc2coc3cc(Oc4nc5ncccc5s4)ccc23)C1.O=CO. The molecular formula is C23H25N3O4S. The highest BCUT2D eigenvalue weighted by atomic mass is 32.1. The molecule has 1 fully saturated rings. The number of piperidine rings is 1. The predicted octanol–water partition coefficient (Wildman–Crippen LogP) is 5.41. The second-order valence-corrected chi connectivity index (χ2v) is 9.06. The predicted molar refractivity (Wildman–Crippen MR) is 121 cm³/mol. The Hall–Kier alpha value is -2.97. The molecule has 7 nitrogen and oxygen atoms in total. The van der Waals surface area contributed by atoms with Crippen molar-refractivity contribution in [2.45, 2.75) is 26.8 Å². The molecule has 31 heavy (non-hydrogen) atoms. The molecule has 1 saturated heterocycles. The lowest BCUT2D eigenvalue weighted by atomic mass is 9.91. The van der Waals surface area contributed by atoms with Gasteiger partial charge in [-0.05, 0) is 42.5 Å². The number of ether oxygens (including phenoxy) is 1. The zero-order chi connectivity index (χ0) is 21.8. The number of likely N-dealkylation sites (tertiary alicyclic amines) is 1. The number of aromatic nitrogens is 2. The Morgan fingerprint density at radius 3 is 2.81 bits per heavy atom. The lowest BCUT2D eigenvalue weighted by Crippen LogP contribution is -2.38. The van der Waals surface area contributed by atoms with E-state index in [1.807, 2.05) is 30.5 Å². The van der Waals surface area contributed by atoms with Crippen LogP contribution in [0.5, 0.6) is 10.9 Å². The third-order valence-electron chi connectivity index (χ3n) is 5.32. The Kier molecular flexibility index (Phi) is 6.48. The van der Waals surface area contributed by atoms with Gasteiger partial charge in [0.1, 0.15) is 11.3 Å². The number of furan rings is 1. The molecule has 4 aromatic rings. The van der Waals surface area contributed by atoms with Crippen LogP contribution in [0.1, 0.15) is 25.8 Å². The number of hydrogen-bond donors (Lipinski definition) is 1. The summed E-state index contributed by atoms with van der Waals surface area (Å²) in [5.74, 6) is 2.24. The van der Waals surface area contributed by atoms with Crippen molar-refractivity contribution >= 4 is 39.1 Å². The largest absolute Gasteiger partial charge is 0.483 e. The summed E-state index contributed by atoms with van der Waals surface area (Å²) in [7, 11) is 0. The Morgan fingerprint density at radius 2 is 2.06 bits per heavy atom. The third-order valence-corrected chi connectivity index (χ3v) is 6.20. The second kappa shape index (κ2) is 9.45. The summed E-state index contributed by atoms with van der Waals surface area (Å²) in [4.78, 5) is 19.6. The van der Waals surface area contributed by atoms with Gasteiger partial charge in [-0.3, -0.25) is 9.69 Å². The van der Waals surface area contributed by atoms with E-state index in [-0.39, 0.29) is 6.47 Å². The van der Waals surface area contributed by atoms with Crippen LogP contribution in [0.4, 0.5) is 0 Å². The lowest BCUT2D eigenvalue weighted by molar-refractivity contribution is -0.122. The minimum atomic E-state index is -0.250. The molecule has 1 aliphatic heterocycles. The van der Waals surface area contributed by atoms with Gasteiger partial charge in [-0.15, -0.1) is 0 Å². The van der Waals surface area contributed by atoms with Gasteiger partial charge in [-0.25, -0.2) is 4.98 Å². The van der Waals surface area contributed by atoms with Crippen LogP contribution in [0.3, 0.4) is 0 Å². The van der Waals surface area contributed by atoms with E-state index in [1.165, 1.54) is 23.3 Å². The van der Waals surface area contributed by atoms with Gasteiger partial charge in [0, 0.05) is 42.8 Å². The van der Waals surface area contributed by atoms with Crippen LogP contribution in [-0.2, 0) is 11.3 Å². The average Bonchev–Trinajstić information content (AvgIpc) is 3.31. The van der Waals surface area contributed by atoms with E-state index in [4.69, 9.17) is 19.1 Å². The summed E-state index contributed by atoms with van der Waals surface area (Å²) in [6, 6.07) is 9.93. The molecule has 5 rings (SSSR count). The minimum Gasteiger partial charge on any atom is -0.483 e. The van der Waals surface area contributed by atoms with E-state index in [2.05, 4.69) is 34.8 Å². The van der Waals surface area contributed by atoms with Crippen LogP contribution in [0, 0.1) is 11.8 Å². The van der Waals surface area contributed by atoms with Crippen molar-refractivity contribution in [1.82, 2.24) is 14.9 Å². The van der Waals surface area contributed by atoms with E-state index in [1.54, 1.807) is 6.20 Å². The van der Waals surface area contributed by atoms with Gasteiger partial charge in [0.2, 0.25) is 0 Å². The number of carbonyl (C=O) groups is 1. The molecule has 0 spiro atoms. The van der Waals surface area contributed by atoms with Crippen LogP contribution in [0.2, 0.25) is 0 Å². The molecule has 1 aliphatic rings. The van der Waals surface area contributed by atoms with Crippen LogP contribution in [-0.4, -0.2) is 39.5 Å². The van der Waals surface area contributed by atoms with Crippen LogP contribution in [0.15, 0.2) is 47.2 Å². The number of pyridine rings is 1. The van der Waals surface area contributed by atoms with Crippen molar-refractivity contribution in [2.75, 3.05) is 13.1 Å². The lowest BCUT2D eigenvalue weighted by Gasteiger charge is -2.34. The Morgan fingerprint density at radius 1 is 1.29 bits per heavy atom. The number of carboxylic acid groups (broad SMARTS) is 1. The maximum Gasteiger partial charge on any atom is 0.290 e. The van der Waals surface area contributed by atoms with Crippen molar-refractivity contribution in [3.63, 3.8) is 0 Å². The fourth-order valence-corrected chi connectivity index (χ4v) is 5.10. The quantitative estimate of drug-likeness (QED) is 0.425. The summed E-state index contributed by atoms with van der Waals surface area (Å²) in [5.41, 5.74) is 2.81. The van der Waals surface area contributed by atoms with Crippen molar-refractivity contribution in [1.29, 1.82) is 0 Å². The van der Waals surface area contributed by atoms with E-state index >= 15 is 0 Å². The Labute approximate surface area is 184 Å². The zero-order valence-corrected chi connectivity index (χ0v) is 18.3. The van der Waals surface area contributed by atoms with Gasteiger partial charge in [0.05, 0.1) is 11.0 Å². The van der Waals surface area contributed by atoms with Gasteiger partial charge >= 0.3 is 0 Å². The third kappa shape index (κ3) is 5.03. The molecule has 2 atom stereocenters. The average molecular weight is 440 g/mol. The van der Waals surface area contributed by atoms with E-state index < -0.39 is 0 Å². The van der Waals surface area contributed by atoms with E-state index in [9.17, 15) is 0 Å². The molecule has 0 amide bonds. The van der Waals surface area contributed by atoms with E-state index in [0.29, 0.717) is 10.8 Å². The number of fused-ring (bicyclic) bond motifs is 2. The monoisotopic (exact) mass is 439 g/mol. The minimum absolute atomic E-state index is 0.250. The molecule has 0 radical (unpaired) electrons. The number of hydrogen-bond acceptors (Lipinski definition) is 7. The first-order valence-corrected chi connectivity index (χ1v) is 11.1. The fourth-order valence-electron chi connectivity index (χ4n) is 4.31. The molecule has 0 bridgehead atoms. The topological polar surface area (TPSA) is 88.7 Å². The molecule has 8 heteroatoms. The normalized spacial score (nSPS) is 19.2. The maximum absolute atomic E-state index is 8.36. The Balaban J connectivity index is 0.000000730. The second-order valence-electron chi connectivity index (χ2n) is 8.07. The van der Waals surface area contributed by atoms with Gasteiger partial charge < -0.3 is 14.3 Å². The van der Waals surface area contributed by atoms with Gasteiger partial charge in [-0.2, -0.15) is 4.98 Å². The van der Waals surface area contributed by atoms with Crippen molar-refractivity contribution < 1.29 is 19.1 Å². The van der Waals surface area contributed by atoms with Crippen molar-refractivity contribution in [2.24, 2.45) is 11.8 Å². The molecule has 2 unspecified atom stereocenters. The maximum atomic E-state index is 8.36. The number of nitrogens with zero attached hydrogens (tertiary/aromatic N) is 3. The number of thiazole rings is 1. The van der Waals surface area contributed by atoms with Crippen molar-refractivity contribution in [3.05, 3.63) is 48.4 Å². The molecule has 4 heterocycles. The summed E-state index contributed by atoms with van der Waals surface area (Å²) in [5, 5.41) is 8.64. The molecule has 0 aliphatic carbocycles. The molecule has 1 aromatic carbocycles. The molecule has 162 valence electrons. The molecule has 3 aromatic heterocycles. The van der Waals surface area contributed by atoms with Crippen LogP contribution in [0.25, 0.3) is 21.3 Å². The highest BCUT2D eigenvalue weighted by molar-refractivity contribution is 7.20. The smallest absolute Gasteiger partial charge is 0.290 e. The highest BCUT2D eigenvalue weighted by Crippen LogP contribution is 2.33. The molecule has 0 saturated carbocycles. The van der Waals surface area contributed by atoms with Crippen LogP contribution < -0.4 is 4.74 Å². The van der Waals surface area contributed by atoms with Crippen LogP contribution >= 0.6 is 11.3 Å². The summed E-state index contributed by atoms with van der Waals surface area (Å²) < 4.78 is 12.8. The summed E-state index contributed by atoms with van der Waals surface area (Å²) in [6.07, 6.45) is 4.96. The first kappa shape index (κ1) is 21.3. The van der Waals surface area contributed by atoms with Crippen molar-refractivity contribution in [3.8, 4) is 10.9 Å². The number of benzene rings is 1. The first-order valence-electron chi connectivity index (χ1n) is 10.3. The zero-order valence-electron chi connectivity index (χ0n) is 17.5. The Bertz CT molecular complexity index is 1130. The van der Waals surface area contributed by atoms with Gasteiger partial charge in [-0.1, -0.05) is 25.2 Å². The highest BCUT2D eigenvalue weighted by Gasteiger charge is 2.22. The number of rotatable bonds is 4. The fraction of sp³-hybridized carbons (Fsp3) is 0.348. The molecule has 1 N–H and O–H groups in total. The molecular weight excluding hydrogens is 414 g/mol. The summed E-state index contributed by atoms with van der Waals surface area (Å²) >= 11 is 1.49. The summed E-state index contributed by atoms with van der Waals surface area (Å²) in [6.45, 7) is 7.69. The first-order chi connectivity index (χ1) is 15.1. The standard InChI is InChI=1S/C22H23N3O2S.CH2O2/c1-14-8-15(2)11-25(10-14)12-16-13-26-19-9-17(5-6-18(16)19)27-22-24-21-20(28-22)4-3-7-23-21;2-1-3/h3-7,9,13-15H,8,10-12H2,1-2H3;1H,(H,2,3). The van der Waals surface area contributed by atoms with E-state index in [0.717, 1.165) is 52.9 Å². The van der Waals surface area contributed by atoms with Gasteiger partial charge in [0.15, 0.2) is 5.65 Å².